The van der Waals surface area contributed by atoms with Gasteiger partial charge in [0.15, 0.2) is 9.84 Å². The summed E-state index contributed by atoms with van der Waals surface area (Å²) >= 11 is 6.06. The fourth-order valence-electron chi connectivity index (χ4n) is 3.97. The normalized spacial score (nSPS) is 19.3. The van der Waals surface area contributed by atoms with E-state index in [4.69, 9.17) is 16.3 Å². The number of benzene rings is 2. The predicted octanol–water partition coefficient (Wildman–Crippen LogP) is 4.37. The minimum absolute atomic E-state index is 0.0747. The van der Waals surface area contributed by atoms with Gasteiger partial charge in [-0.1, -0.05) is 56.6 Å². The van der Waals surface area contributed by atoms with E-state index in [-0.39, 0.29) is 29.6 Å². The highest BCUT2D eigenvalue weighted by Gasteiger charge is 2.33. The summed E-state index contributed by atoms with van der Waals surface area (Å²) < 4.78 is 29.9. The number of aliphatic hydroxyl groups is 1. The van der Waals surface area contributed by atoms with Crippen LogP contribution in [0.3, 0.4) is 0 Å². The van der Waals surface area contributed by atoms with Crippen molar-refractivity contribution in [3.63, 3.8) is 0 Å². The topological polar surface area (TPSA) is 66.8 Å². The Morgan fingerprint density at radius 3 is 2.44 bits per heavy atom. The number of halogens is 1. The van der Waals surface area contributed by atoms with E-state index in [9.17, 15) is 13.5 Å². The van der Waals surface area contributed by atoms with Crippen LogP contribution in [0.2, 0.25) is 5.02 Å². The molecule has 2 aromatic rings. The maximum absolute atomic E-state index is 12.1. The van der Waals surface area contributed by atoms with Crippen molar-refractivity contribution in [1.82, 2.24) is 4.90 Å². The van der Waals surface area contributed by atoms with Gasteiger partial charge in [-0.15, -0.1) is 0 Å². The number of aryl methyl sites for hydroxylation is 1. The summed E-state index contributed by atoms with van der Waals surface area (Å²) in [5, 5.41) is 11.4. The second-order valence-electron chi connectivity index (χ2n) is 9.81. The Morgan fingerprint density at radius 2 is 1.88 bits per heavy atom. The molecule has 0 aromatic heterocycles. The fraction of sp³-hybridized carbons (Fsp3) is 0.520. The van der Waals surface area contributed by atoms with E-state index in [1.165, 1.54) is 5.56 Å². The van der Waals surface area contributed by atoms with Crippen molar-refractivity contribution < 1.29 is 18.3 Å². The lowest BCUT2D eigenvalue weighted by Crippen LogP contribution is -2.42. The number of ether oxygens (including phenoxy) is 1. The number of aliphatic hydroxyl groups excluding tert-OH is 1. The van der Waals surface area contributed by atoms with Gasteiger partial charge in [-0.25, -0.2) is 8.42 Å². The summed E-state index contributed by atoms with van der Waals surface area (Å²) in [4.78, 5) is 2.08. The number of hydrogen-bond acceptors (Lipinski definition) is 5. The lowest BCUT2D eigenvalue weighted by Gasteiger charge is -2.30. The monoisotopic (exact) mass is 479 g/mol. The smallest absolute Gasteiger partial charge is 0.151 e. The fourth-order valence-corrected chi connectivity index (χ4v) is 5.85. The van der Waals surface area contributed by atoms with E-state index in [1.807, 2.05) is 13.0 Å². The van der Waals surface area contributed by atoms with Crippen LogP contribution in [-0.2, 0) is 21.8 Å². The minimum Gasteiger partial charge on any atom is -0.491 e. The van der Waals surface area contributed by atoms with E-state index in [0.29, 0.717) is 30.3 Å². The van der Waals surface area contributed by atoms with Crippen molar-refractivity contribution in [1.29, 1.82) is 0 Å². The summed E-state index contributed by atoms with van der Waals surface area (Å²) in [5.74, 6) is 0.990. The van der Waals surface area contributed by atoms with Gasteiger partial charge in [-0.05, 0) is 53.6 Å². The maximum Gasteiger partial charge on any atom is 0.151 e. The molecule has 0 bridgehead atoms. The molecule has 2 atom stereocenters. The molecule has 0 spiro atoms. The molecule has 0 radical (unpaired) electrons. The Balaban J connectivity index is 1.67. The lowest BCUT2D eigenvalue weighted by atomic mass is 9.86. The van der Waals surface area contributed by atoms with Crippen LogP contribution in [0.4, 0.5) is 0 Å². The van der Waals surface area contributed by atoms with Crippen LogP contribution >= 0.6 is 11.6 Å². The molecule has 1 N–H and O–H groups in total. The molecule has 1 saturated heterocycles. The SMILES string of the molecule is Cc1cc(OCC(O)CN(Cc2ccc(C(C)(C)C)cc2)C2CCS(=O)(=O)C2)ccc1Cl. The van der Waals surface area contributed by atoms with Gasteiger partial charge in [0, 0.05) is 24.2 Å². The molecular weight excluding hydrogens is 446 g/mol. The highest BCUT2D eigenvalue weighted by Crippen LogP contribution is 2.25. The Hall–Kier alpha value is -1.60. The second-order valence-corrected chi connectivity index (χ2v) is 12.4. The quantitative estimate of drug-likeness (QED) is 0.608. The largest absolute Gasteiger partial charge is 0.491 e. The van der Waals surface area contributed by atoms with Crippen molar-refractivity contribution in [3.8, 4) is 5.75 Å². The molecule has 176 valence electrons. The van der Waals surface area contributed by atoms with Crippen LogP contribution in [0, 0.1) is 6.92 Å². The molecule has 1 aliphatic heterocycles. The summed E-state index contributed by atoms with van der Waals surface area (Å²) in [6.07, 6.45) is -0.157. The van der Waals surface area contributed by atoms with Crippen LogP contribution in [0.1, 0.15) is 43.9 Å². The van der Waals surface area contributed by atoms with E-state index >= 15 is 0 Å². The van der Waals surface area contributed by atoms with E-state index in [0.717, 1.165) is 11.1 Å². The zero-order valence-electron chi connectivity index (χ0n) is 19.3. The zero-order valence-corrected chi connectivity index (χ0v) is 20.9. The molecule has 32 heavy (non-hydrogen) atoms. The third kappa shape index (κ3) is 6.95. The van der Waals surface area contributed by atoms with Gasteiger partial charge in [-0.2, -0.15) is 0 Å². The number of rotatable bonds is 8. The maximum atomic E-state index is 12.1. The van der Waals surface area contributed by atoms with Crippen molar-refractivity contribution >= 4 is 21.4 Å². The molecular formula is C25H34ClNO4S. The van der Waals surface area contributed by atoms with E-state index in [2.05, 4.69) is 49.9 Å². The number of nitrogens with zero attached hydrogens (tertiary/aromatic N) is 1. The second kappa shape index (κ2) is 10.1. The minimum atomic E-state index is -3.03. The first-order chi connectivity index (χ1) is 14.9. The van der Waals surface area contributed by atoms with Gasteiger partial charge in [0.25, 0.3) is 0 Å². The van der Waals surface area contributed by atoms with Gasteiger partial charge < -0.3 is 9.84 Å². The lowest BCUT2D eigenvalue weighted by molar-refractivity contribution is 0.0524. The molecule has 0 aliphatic carbocycles. The third-order valence-corrected chi connectivity index (χ3v) is 8.12. The van der Waals surface area contributed by atoms with Crippen molar-refractivity contribution in [3.05, 3.63) is 64.2 Å². The summed E-state index contributed by atoms with van der Waals surface area (Å²) in [7, 11) is -3.03. The molecule has 1 heterocycles. The first-order valence-corrected chi connectivity index (χ1v) is 13.2. The molecule has 2 unspecified atom stereocenters. The molecule has 7 heteroatoms. The zero-order chi connectivity index (χ0) is 23.5. The van der Waals surface area contributed by atoms with Crippen molar-refractivity contribution in [2.24, 2.45) is 0 Å². The first kappa shape index (κ1) is 25.0. The van der Waals surface area contributed by atoms with Gasteiger partial charge in [0.05, 0.1) is 11.5 Å². The highest BCUT2D eigenvalue weighted by atomic mass is 35.5. The summed E-state index contributed by atoms with van der Waals surface area (Å²) in [6.45, 7) is 9.48. The highest BCUT2D eigenvalue weighted by molar-refractivity contribution is 7.91. The van der Waals surface area contributed by atoms with Crippen LogP contribution < -0.4 is 4.74 Å². The van der Waals surface area contributed by atoms with Crippen LogP contribution in [0.25, 0.3) is 0 Å². The Kier molecular flexibility index (Phi) is 7.92. The number of sulfone groups is 1. The van der Waals surface area contributed by atoms with E-state index < -0.39 is 15.9 Å². The van der Waals surface area contributed by atoms with Crippen LogP contribution in [0.5, 0.6) is 5.75 Å². The molecule has 3 rings (SSSR count). The van der Waals surface area contributed by atoms with Crippen molar-refractivity contribution in [2.45, 2.75) is 58.2 Å². The predicted molar refractivity (Wildman–Crippen MR) is 130 cm³/mol. The average Bonchev–Trinajstić information content (AvgIpc) is 3.08. The Bertz CT molecular complexity index is 1020. The summed E-state index contributed by atoms with van der Waals surface area (Å²) in [5.41, 5.74) is 3.34. The Labute approximate surface area is 197 Å². The Morgan fingerprint density at radius 1 is 1.19 bits per heavy atom. The first-order valence-electron chi connectivity index (χ1n) is 11.0. The standard InChI is InChI=1S/C25H34ClNO4S/c1-18-13-23(9-10-24(18)26)31-16-22(28)15-27(21-11-12-32(29,30)17-21)14-19-5-7-20(8-6-19)25(2,3)4/h5-10,13,21-22,28H,11-12,14-17H2,1-4H3. The van der Waals surface area contributed by atoms with Crippen LogP contribution in [-0.4, -0.2) is 55.2 Å². The van der Waals surface area contributed by atoms with Gasteiger partial charge in [0.2, 0.25) is 0 Å². The molecule has 0 amide bonds. The molecule has 0 saturated carbocycles. The van der Waals surface area contributed by atoms with E-state index in [1.54, 1.807) is 12.1 Å². The molecule has 1 aliphatic rings. The van der Waals surface area contributed by atoms with Gasteiger partial charge in [-0.3, -0.25) is 4.90 Å². The van der Waals surface area contributed by atoms with Gasteiger partial charge in [0.1, 0.15) is 18.5 Å². The molecule has 5 nitrogen and oxygen atoms in total. The van der Waals surface area contributed by atoms with Crippen LogP contribution in [0.15, 0.2) is 42.5 Å². The van der Waals surface area contributed by atoms with Crippen molar-refractivity contribution in [2.75, 3.05) is 24.7 Å². The molecule has 1 fully saturated rings. The summed E-state index contributed by atoms with van der Waals surface area (Å²) in [6, 6.07) is 13.7. The number of hydrogen-bond donors (Lipinski definition) is 1. The average molecular weight is 480 g/mol. The third-order valence-electron chi connectivity index (χ3n) is 5.95. The van der Waals surface area contributed by atoms with Gasteiger partial charge >= 0.3 is 0 Å². The molecule has 2 aromatic carbocycles.